The summed E-state index contributed by atoms with van der Waals surface area (Å²) < 4.78 is 28.1. The summed E-state index contributed by atoms with van der Waals surface area (Å²) in [6, 6.07) is 0. The first-order chi connectivity index (χ1) is 10.0. The molecule has 1 aromatic heterocycles. The fraction of sp³-hybridized carbons (Fsp3) is 0.545. The number of aromatic nitrogens is 1. The first-order valence-corrected chi connectivity index (χ1v) is 7.05. The van der Waals surface area contributed by atoms with Crippen molar-refractivity contribution in [3.63, 3.8) is 0 Å². The Morgan fingerprint density at radius 3 is 2.62 bits per heavy atom. The molecule has 1 unspecified atom stereocenters. The van der Waals surface area contributed by atoms with Crippen LogP contribution in [0.3, 0.4) is 0 Å². The zero-order valence-corrected chi connectivity index (χ0v) is 12.4. The number of carbonyl (C=O) groups excluding carboxylic acids is 1. The van der Waals surface area contributed by atoms with E-state index in [4.69, 9.17) is 26.2 Å². The summed E-state index contributed by atoms with van der Waals surface area (Å²) >= 11 is 6.55. The van der Waals surface area contributed by atoms with Crippen molar-refractivity contribution >= 4 is 34.9 Å². The third-order valence-electron chi connectivity index (χ3n) is 2.03. The molecule has 0 aliphatic rings. The molecule has 0 spiro atoms. The Morgan fingerprint density at radius 2 is 2.00 bits per heavy atom. The van der Waals surface area contributed by atoms with E-state index in [0.717, 1.165) is 11.3 Å². The second-order valence-electron chi connectivity index (χ2n) is 3.61. The maximum Gasteiger partial charge on any atom is 0.347 e. The maximum absolute atomic E-state index is 13.6. The molecule has 10 heteroatoms. The van der Waals surface area contributed by atoms with E-state index in [1.54, 1.807) is 0 Å². The highest BCUT2D eigenvalue weighted by Gasteiger charge is 2.23. The Kier molecular flexibility index (Phi) is 8.13. The van der Waals surface area contributed by atoms with Crippen LogP contribution < -0.4 is 0 Å². The second kappa shape index (κ2) is 9.61. The Hall–Kier alpha value is -1.29. The molecule has 0 aliphatic heterocycles. The number of halogens is 2. The SMILES string of the molecule is O=C(O)COCCOCCOC(=O)C(F)c1csc(Cl)n1. The second-order valence-corrected chi connectivity index (χ2v) is 5.05. The molecule has 0 bridgehead atoms. The molecule has 1 aromatic rings. The highest BCUT2D eigenvalue weighted by atomic mass is 35.5. The lowest BCUT2D eigenvalue weighted by Gasteiger charge is -2.07. The van der Waals surface area contributed by atoms with Crippen LogP contribution in [0.5, 0.6) is 0 Å². The summed E-state index contributed by atoms with van der Waals surface area (Å²) in [5.41, 5.74) is -0.0852. The van der Waals surface area contributed by atoms with Crippen molar-refractivity contribution in [2.75, 3.05) is 33.0 Å². The minimum Gasteiger partial charge on any atom is -0.480 e. The van der Waals surface area contributed by atoms with E-state index in [0.29, 0.717) is 0 Å². The zero-order valence-electron chi connectivity index (χ0n) is 10.8. The highest BCUT2D eigenvalue weighted by Crippen LogP contribution is 2.23. The van der Waals surface area contributed by atoms with Crippen LogP contribution in [0, 0.1) is 0 Å². The molecule has 0 fully saturated rings. The van der Waals surface area contributed by atoms with Crippen LogP contribution in [0.15, 0.2) is 5.38 Å². The Morgan fingerprint density at radius 1 is 1.33 bits per heavy atom. The number of nitrogens with zero attached hydrogens (tertiary/aromatic N) is 1. The number of hydrogen-bond donors (Lipinski definition) is 1. The lowest BCUT2D eigenvalue weighted by atomic mass is 10.3. The minimum atomic E-state index is -1.98. The normalized spacial score (nSPS) is 12.1. The molecule has 0 aliphatic carbocycles. The zero-order chi connectivity index (χ0) is 15.7. The van der Waals surface area contributed by atoms with Crippen molar-refractivity contribution in [3.8, 4) is 0 Å². The number of carboxylic acids is 1. The van der Waals surface area contributed by atoms with Gasteiger partial charge in [-0.15, -0.1) is 11.3 Å². The number of rotatable bonds is 10. The van der Waals surface area contributed by atoms with Crippen molar-refractivity contribution in [2.45, 2.75) is 6.17 Å². The van der Waals surface area contributed by atoms with Gasteiger partial charge in [-0.25, -0.2) is 19.0 Å². The van der Waals surface area contributed by atoms with Crippen molar-refractivity contribution < 1.29 is 33.3 Å². The summed E-state index contributed by atoms with van der Waals surface area (Å²) in [5.74, 6) is -2.14. The van der Waals surface area contributed by atoms with E-state index in [-0.39, 0.29) is 36.6 Å². The molecule has 0 radical (unpaired) electrons. The number of alkyl halides is 1. The lowest BCUT2D eigenvalue weighted by Crippen LogP contribution is -2.17. The molecule has 0 amide bonds. The number of carboxylic acid groups (broad SMARTS) is 1. The van der Waals surface area contributed by atoms with Gasteiger partial charge < -0.3 is 19.3 Å². The largest absolute Gasteiger partial charge is 0.480 e. The maximum atomic E-state index is 13.6. The van der Waals surface area contributed by atoms with Crippen LogP contribution in [-0.2, 0) is 23.8 Å². The van der Waals surface area contributed by atoms with Crippen LogP contribution in [-0.4, -0.2) is 55.1 Å². The molecule has 7 nitrogen and oxygen atoms in total. The fourth-order valence-electron chi connectivity index (χ4n) is 1.15. The van der Waals surface area contributed by atoms with Gasteiger partial charge >= 0.3 is 11.9 Å². The molecule has 1 heterocycles. The molecule has 0 saturated carbocycles. The molecule has 0 saturated heterocycles. The molecule has 1 N–H and O–H groups in total. The number of thiazole rings is 1. The van der Waals surface area contributed by atoms with E-state index < -0.39 is 24.7 Å². The van der Waals surface area contributed by atoms with Gasteiger partial charge in [-0.1, -0.05) is 11.6 Å². The quantitative estimate of drug-likeness (QED) is 0.508. The minimum absolute atomic E-state index is 0.0483. The van der Waals surface area contributed by atoms with Crippen LogP contribution >= 0.6 is 22.9 Å². The molecule has 21 heavy (non-hydrogen) atoms. The van der Waals surface area contributed by atoms with E-state index >= 15 is 0 Å². The molecule has 0 aromatic carbocycles. The topological polar surface area (TPSA) is 95.0 Å². The van der Waals surface area contributed by atoms with Gasteiger partial charge in [-0.2, -0.15) is 0 Å². The Labute approximate surface area is 128 Å². The number of ether oxygens (including phenoxy) is 3. The first kappa shape index (κ1) is 17.8. The average molecular weight is 342 g/mol. The van der Waals surface area contributed by atoms with Gasteiger partial charge in [0.05, 0.1) is 25.5 Å². The van der Waals surface area contributed by atoms with E-state index in [9.17, 15) is 14.0 Å². The Bertz CT molecular complexity index is 471. The van der Waals surface area contributed by atoms with Crippen molar-refractivity contribution in [3.05, 3.63) is 15.5 Å². The molecular formula is C11H13ClFNO6S. The van der Waals surface area contributed by atoms with Crippen LogP contribution in [0.25, 0.3) is 0 Å². The monoisotopic (exact) mass is 341 g/mol. The fourth-order valence-corrected chi connectivity index (χ4v) is 1.93. The number of aliphatic carboxylic acids is 1. The van der Waals surface area contributed by atoms with Gasteiger partial charge in [0, 0.05) is 5.38 Å². The predicted molar refractivity (Wildman–Crippen MR) is 71.2 cm³/mol. The smallest absolute Gasteiger partial charge is 0.347 e. The van der Waals surface area contributed by atoms with E-state index in [2.05, 4.69) is 9.72 Å². The number of hydrogen-bond acceptors (Lipinski definition) is 7. The van der Waals surface area contributed by atoms with Gasteiger partial charge in [-0.05, 0) is 0 Å². The van der Waals surface area contributed by atoms with Gasteiger partial charge in [0.2, 0.25) is 6.17 Å². The van der Waals surface area contributed by atoms with Crippen molar-refractivity contribution in [2.24, 2.45) is 0 Å². The summed E-state index contributed by atoms with van der Waals surface area (Å²) in [6.45, 7) is -0.240. The molecule has 1 rings (SSSR count). The van der Waals surface area contributed by atoms with E-state index in [1.165, 1.54) is 5.38 Å². The number of esters is 1. The van der Waals surface area contributed by atoms with Gasteiger partial charge in [0.15, 0.2) is 4.47 Å². The lowest BCUT2D eigenvalue weighted by molar-refractivity contribution is -0.152. The first-order valence-electron chi connectivity index (χ1n) is 5.79. The van der Waals surface area contributed by atoms with Gasteiger partial charge in [-0.3, -0.25) is 0 Å². The Balaban J connectivity index is 2.07. The van der Waals surface area contributed by atoms with Crippen LogP contribution in [0.1, 0.15) is 11.9 Å². The summed E-state index contributed by atoms with van der Waals surface area (Å²) in [4.78, 5) is 25.1. The highest BCUT2D eigenvalue weighted by molar-refractivity contribution is 7.14. The van der Waals surface area contributed by atoms with Crippen LogP contribution in [0.4, 0.5) is 4.39 Å². The van der Waals surface area contributed by atoms with Gasteiger partial charge in [0.25, 0.3) is 0 Å². The third-order valence-corrected chi connectivity index (χ3v) is 3.03. The average Bonchev–Trinajstić information content (AvgIpc) is 2.87. The summed E-state index contributed by atoms with van der Waals surface area (Å²) in [6.07, 6.45) is -1.98. The number of carbonyl (C=O) groups is 2. The molecular weight excluding hydrogens is 329 g/mol. The third kappa shape index (κ3) is 7.32. The molecule has 118 valence electrons. The molecule has 1 atom stereocenters. The predicted octanol–water partition coefficient (Wildman–Crippen LogP) is 1.47. The van der Waals surface area contributed by atoms with Crippen LogP contribution in [0.2, 0.25) is 4.47 Å². The van der Waals surface area contributed by atoms with Crippen molar-refractivity contribution in [1.29, 1.82) is 0 Å². The van der Waals surface area contributed by atoms with Gasteiger partial charge in [0.1, 0.15) is 13.2 Å². The summed E-state index contributed by atoms with van der Waals surface area (Å²) in [7, 11) is 0. The van der Waals surface area contributed by atoms with Crippen molar-refractivity contribution in [1.82, 2.24) is 4.98 Å². The summed E-state index contributed by atoms with van der Waals surface area (Å²) in [5, 5.41) is 9.63. The standard InChI is InChI=1S/C11H13ClFNO6S/c12-11-14-7(6-21-11)9(13)10(17)20-4-3-18-1-2-19-5-8(15)16/h6,9H,1-5H2,(H,15,16). The van der Waals surface area contributed by atoms with E-state index in [1.807, 2.05) is 0 Å².